The summed E-state index contributed by atoms with van der Waals surface area (Å²) < 4.78 is 5.54. The fraction of sp³-hybridized carbons (Fsp3) is 0.773. The van der Waals surface area contributed by atoms with Crippen molar-refractivity contribution in [2.45, 2.75) is 65.7 Å². The fourth-order valence-corrected chi connectivity index (χ4v) is 7.45. The summed E-state index contributed by atoms with van der Waals surface area (Å²) in [7, 11) is 0.867. The number of rotatable bonds is 3. The molecule has 25 heavy (non-hydrogen) atoms. The molecule has 0 amide bonds. The van der Waals surface area contributed by atoms with Gasteiger partial charge in [0.2, 0.25) is 0 Å². The van der Waals surface area contributed by atoms with Crippen molar-refractivity contribution in [2.75, 3.05) is 6.61 Å². The van der Waals surface area contributed by atoms with Crippen molar-refractivity contribution < 1.29 is 9.22 Å². The zero-order chi connectivity index (χ0) is 17.8. The Labute approximate surface area is 156 Å². The van der Waals surface area contributed by atoms with Crippen LogP contribution in [0.15, 0.2) is 23.3 Å². The molecule has 0 spiro atoms. The monoisotopic (exact) mass is 358 g/mol. The van der Waals surface area contributed by atoms with E-state index in [9.17, 15) is 4.79 Å². The molecular weight excluding hydrogens is 324 g/mol. The number of hydrogen-bond donors (Lipinski definition) is 0. The Hall–Kier alpha value is -0.673. The summed E-state index contributed by atoms with van der Waals surface area (Å²) in [6, 6.07) is 0. The summed E-state index contributed by atoms with van der Waals surface area (Å²) in [5, 5.41) is 0. The van der Waals surface area contributed by atoms with E-state index >= 15 is 0 Å². The standard InChI is InChI=1S/C22H34O2Si/c1-14-12-16-13-17(23)6-9-22(16,3)19-7-10-21(2)15(8-11-24-25)4-5-18(21)20(14)19/h12-13,15,18-20H,4-11H2,1-3,25H3/t15-,18+,19+,20+,21-,22+/m1/s1. The summed E-state index contributed by atoms with van der Waals surface area (Å²) in [5.74, 6) is 3.48. The minimum atomic E-state index is 0.232. The molecule has 0 bridgehead atoms. The van der Waals surface area contributed by atoms with Gasteiger partial charge in [0.05, 0.1) is 0 Å². The van der Waals surface area contributed by atoms with Crippen molar-refractivity contribution in [1.29, 1.82) is 0 Å². The minimum Gasteiger partial charge on any atom is -0.428 e. The molecule has 0 heterocycles. The summed E-state index contributed by atoms with van der Waals surface area (Å²) in [6.45, 7) is 8.35. The van der Waals surface area contributed by atoms with E-state index in [0.717, 1.165) is 53.6 Å². The van der Waals surface area contributed by atoms with Crippen molar-refractivity contribution in [3.8, 4) is 0 Å². The lowest BCUT2D eigenvalue weighted by atomic mass is 9.47. The zero-order valence-corrected chi connectivity index (χ0v) is 18.4. The lowest BCUT2D eigenvalue weighted by molar-refractivity contribution is -0.116. The van der Waals surface area contributed by atoms with Crippen molar-refractivity contribution in [2.24, 2.45) is 34.5 Å². The molecule has 2 nitrogen and oxygen atoms in total. The van der Waals surface area contributed by atoms with Gasteiger partial charge in [-0.1, -0.05) is 25.5 Å². The Balaban J connectivity index is 1.69. The van der Waals surface area contributed by atoms with Crippen LogP contribution in [0.3, 0.4) is 0 Å². The number of fused-ring (bicyclic) bond motifs is 5. The predicted octanol–water partition coefficient (Wildman–Crippen LogP) is 3.99. The number of ketones is 1. The Morgan fingerprint density at radius 1 is 1.16 bits per heavy atom. The summed E-state index contributed by atoms with van der Waals surface area (Å²) in [5.41, 5.74) is 3.62. The van der Waals surface area contributed by atoms with Gasteiger partial charge in [-0.2, -0.15) is 0 Å². The molecule has 0 aliphatic heterocycles. The van der Waals surface area contributed by atoms with Crippen molar-refractivity contribution in [3.63, 3.8) is 0 Å². The van der Waals surface area contributed by atoms with E-state index < -0.39 is 0 Å². The van der Waals surface area contributed by atoms with Gasteiger partial charge in [-0.05, 0) is 91.6 Å². The second kappa shape index (κ2) is 6.19. The summed E-state index contributed by atoms with van der Waals surface area (Å²) in [4.78, 5) is 12.0. The SMILES string of the molecule is CC1=CC2=CC(=O)CC[C@]2(C)[C@H]2CC[C@]3(C)[C@@H](CCO[SiH3])CC[C@H]3[C@H]12. The van der Waals surface area contributed by atoms with Gasteiger partial charge >= 0.3 is 0 Å². The molecule has 0 aromatic heterocycles. The lowest BCUT2D eigenvalue weighted by Gasteiger charge is -2.57. The highest BCUT2D eigenvalue weighted by Gasteiger charge is 2.58. The van der Waals surface area contributed by atoms with Crippen LogP contribution in [0.1, 0.15) is 65.7 Å². The maximum atomic E-state index is 12.0. The quantitative estimate of drug-likeness (QED) is 0.713. The van der Waals surface area contributed by atoms with Crippen LogP contribution in [0.5, 0.6) is 0 Å². The smallest absolute Gasteiger partial charge is 0.156 e. The second-order valence-corrected chi connectivity index (χ2v) is 10.3. The van der Waals surface area contributed by atoms with Crippen molar-refractivity contribution in [3.05, 3.63) is 23.3 Å². The first-order chi connectivity index (χ1) is 11.9. The van der Waals surface area contributed by atoms with Crippen LogP contribution in [-0.4, -0.2) is 22.9 Å². The highest BCUT2D eigenvalue weighted by atomic mass is 28.2. The topological polar surface area (TPSA) is 26.3 Å². The predicted molar refractivity (Wildman–Crippen MR) is 105 cm³/mol. The molecule has 4 aliphatic carbocycles. The van der Waals surface area contributed by atoms with Gasteiger partial charge in [-0.3, -0.25) is 4.79 Å². The molecule has 0 aromatic rings. The molecule has 0 radical (unpaired) electrons. The molecule has 2 fully saturated rings. The third-order valence-electron chi connectivity index (χ3n) is 8.73. The van der Waals surface area contributed by atoms with Gasteiger partial charge in [-0.25, -0.2) is 0 Å². The average Bonchev–Trinajstić information content (AvgIpc) is 2.91. The van der Waals surface area contributed by atoms with Crippen LogP contribution >= 0.6 is 0 Å². The molecule has 6 atom stereocenters. The first-order valence-electron chi connectivity index (χ1n) is 10.3. The van der Waals surface area contributed by atoms with Crippen molar-refractivity contribution in [1.82, 2.24) is 0 Å². The molecule has 0 saturated heterocycles. The minimum absolute atomic E-state index is 0.232. The van der Waals surface area contributed by atoms with Crippen LogP contribution in [0.4, 0.5) is 0 Å². The van der Waals surface area contributed by atoms with Gasteiger partial charge in [0.15, 0.2) is 5.78 Å². The van der Waals surface area contributed by atoms with Gasteiger partial charge in [0, 0.05) is 13.0 Å². The van der Waals surface area contributed by atoms with Crippen molar-refractivity contribution >= 4 is 16.3 Å². The number of carbonyl (C=O) groups excluding carboxylic acids is 1. The fourth-order valence-electron chi connectivity index (χ4n) is 7.22. The van der Waals surface area contributed by atoms with E-state index in [1.165, 1.54) is 37.7 Å². The first kappa shape index (κ1) is 17.7. The maximum absolute atomic E-state index is 12.0. The average molecular weight is 359 g/mol. The molecule has 4 rings (SSSR count). The van der Waals surface area contributed by atoms with Crippen LogP contribution in [0, 0.1) is 34.5 Å². The number of allylic oxidation sites excluding steroid dienone is 4. The van der Waals surface area contributed by atoms with E-state index in [1.807, 2.05) is 6.08 Å². The van der Waals surface area contributed by atoms with Gasteiger partial charge in [0.25, 0.3) is 0 Å². The van der Waals surface area contributed by atoms with Crippen LogP contribution in [-0.2, 0) is 9.22 Å². The molecular formula is C22H34O2Si. The molecule has 3 heteroatoms. The van der Waals surface area contributed by atoms with E-state index in [4.69, 9.17) is 4.43 Å². The zero-order valence-electron chi connectivity index (χ0n) is 16.4. The highest BCUT2D eigenvalue weighted by Crippen LogP contribution is 2.66. The Kier molecular flexibility index (Phi) is 4.39. The first-order valence-corrected chi connectivity index (χ1v) is 11.1. The molecule has 0 unspecified atom stereocenters. The second-order valence-electron chi connectivity index (χ2n) is 9.71. The molecule has 0 aromatic carbocycles. The Morgan fingerprint density at radius 3 is 2.72 bits per heavy atom. The Bertz CT molecular complexity index is 636. The Morgan fingerprint density at radius 2 is 1.96 bits per heavy atom. The third kappa shape index (κ3) is 2.56. The normalized spacial score (nSPS) is 46.1. The van der Waals surface area contributed by atoms with Gasteiger partial charge in [-0.15, -0.1) is 0 Å². The van der Waals surface area contributed by atoms with E-state index in [2.05, 4.69) is 26.8 Å². The third-order valence-corrected chi connectivity index (χ3v) is 9.14. The molecule has 138 valence electrons. The van der Waals surface area contributed by atoms with Gasteiger partial charge in [0.1, 0.15) is 10.5 Å². The largest absolute Gasteiger partial charge is 0.428 e. The molecule has 2 saturated carbocycles. The van der Waals surface area contributed by atoms with Crippen LogP contribution in [0.2, 0.25) is 0 Å². The van der Waals surface area contributed by atoms with Crippen LogP contribution < -0.4 is 0 Å². The van der Waals surface area contributed by atoms with Crippen LogP contribution in [0.25, 0.3) is 0 Å². The van der Waals surface area contributed by atoms with E-state index in [1.54, 1.807) is 5.57 Å². The summed E-state index contributed by atoms with van der Waals surface area (Å²) in [6.07, 6.45) is 12.9. The highest BCUT2D eigenvalue weighted by molar-refractivity contribution is 5.97. The number of hydrogen-bond acceptors (Lipinski definition) is 2. The van der Waals surface area contributed by atoms with E-state index in [-0.39, 0.29) is 5.41 Å². The molecule has 0 N–H and O–H groups in total. The molecule has 4 aliphatic rings. The number of carbonyl (C=O) groups is 1. The van der Waals surface area contributed by atoms with E-state index in [0.29, 0.717) is 11.2 Å². The van der Waals surface area contributed by atoms with Gasteiger partial charge < -0.3 is 4.43 Å². The maximum Gasteiger partial charge on any atom is 0.156 e. The summed E-state index contributed by atoms with van der Waals surface area (Å²) >= 11 is 0. The lowest BCUT2D eigenvalue weighted by Crippen LogP contribution is -2.50.